The first kappa shape index (κ1) is 18.7. The van der Waals surface area contributed by atoms with Gasteiger partial charge in [0.2, 0.25) is 0 Å². The number of hydrogen-bond acceptors (Lipinski definition) is 8. The van der Waals surface area contributed by atoms with Crippen molar-refractivity contribution in [2.75, 3.05) is 6.61 Å². The number of aliphatic hydroxyl groups excluding tert-OH is 4. The Labute approximate surface area is 159 Å². The summed E-state index contributed by atoms with van der Waals surface area (Å²) in [6.07, 6.45) is -3.59. The number of benzene rings is 1. The van der Waals surface area contributed by atoms with Crippen molar-refractivity contribution in [2.24, 2.45) is 4.99 Å². The molecule has 1 fully saturated rings. The lowest BCUT2D eigenvalue weighted by atomic mass is 9.98. The quantitative estimate of drug-likeness (QED) is 0.379. The average molecular weight is 387 g/mol. The van der Waals surface area contributed by atoms with Gasteiger partial charge in [0.15, 0.2) is 17.4 Å². The van der Waals surface area contributed by atoms with Crippen LogP contribution in [0.5, 0.6) is 0 Å². The average Bonchev–Trinajstić information content (AvgIpc) is 3.22. The number of rotatable bonds is 4. The van der Waals surface area contributed by atoms with E-state index in [9.17, 15) is 20.4 Å². The van der Waals surface area contributed by atoms with Crippen LogP contribution in [0, 0.1) is 0 Å². The zero-order valence-corrected chi connectivity index (χ0v) is 14.8. The van der Waals surface area contributed by atoms with Crippen LogP contribution in [0.4, 0.5) is 0 Å². The van der Waals surface area contributed by atoms with Crippen LogP contribution in [0.3, 0.4) is 0 Å². The number of nitrogens with one attached hydrogen (secondary N) is 1. The van der Waals surface area contributed by atoms with Crippen LogP contribution in [0.1, 0.15) is 11.8 Å². The van der Waals surface area contributed by atoms with Crippen LogP contribution in [0.25, 0.3) is 11.2 Å². The molecule has 5 atom stereocenters. The molecule has 0 spiro atoms. The topological polar surface area (TPSA) is 149 Å². The molecule has 0 saturated carbocycles. The Kier molecular flexibility index (Phi) is 5.20. The number of ether oxygens (including phenoxy) is 1. The molecule has 0 bridgehead atoms. The highest BCUT2D eigenvalue weighted by atomic mass is 16.6. The molecule has 148 valence electrons. The number of nitrogens with zero attached hydrogens (tertiary/aromatic N) is 4. The summed E-state index contributed by atoms with van der Waals surface area (Å²) >= 11 is 0. The van der Waals surface area contributed by atoms with Gasteiger partial charge >= 0.3 is 0 Å². The van der Waals surface area contributed by atoms with E-state index in [4.69, 9.17) is 4.74 Å². The lowest BCUT2D eigenvalue weighted by Crippen LogP contribution is -2.56. The molecule has 0 aliphatic carbocycles. The Hall–Kier alpha value is -2.63. The predicted molar refractivity (Wildman–Crippen MR) is 96.6 cm³/mol. The number of aliphatic hydroxyl groups is 4. The van der Waals surface area contributed by atoms with Crippen molar-refractivity contribution in [1.82, 2.24) is 19.5 Å². The van der Waals surface area contributed by atoms with Gasteiger partial charge < -0.3 is 30.1 Å². The minimum atomic E-state index is -1.49. The number of H-pyrrole nitrogens is 1. The number of fused-ring (bicyclic) bond motifs is 1. The third-order valence-corrected chi connectivity index (χ3v) is 4.79. The molecule has 5 N–H and O–H groups in total. The minimum Gasteiger partial charge on any atom is -0.394 e. The first-order valence-corrected chi connectivity index (χ1v) is 8.85. The molecule has 3 heterocycles. The maximum absolute atomic E-state index is 10.4. The molecule has 10 heteroatoms. The summed E-state index contributed by atoms with van der Waals surface area (Å²) in [6.45, 7) is -0.0738. The molecule has 0 radical (unpaired) electrons. The number of aromatic nitrogens is 4. The summed E-state index contributed by atoms with van der Waals surface area (Å²) in [4.78, 5) is 16.1. The fourth-order valence-corrected chi connectivity index (χ4v) is 3.25. The summed E-state index contributed by atoms with van der Waals surface area (Å²) in [7, 11) is 0. The fourth-order valence-electron chi connectivity index (χ4n) is 3.25. The summed E-state index contributed by atoms with van der Waals surface area (Å²) in [5.41, 5.74) is 2.42. The molecule has 2 aromatic heterocycles. The summed E-state index contributed by atoms with van der Waals surface area (Å²) in [6, 6.07) is 9.72. The van der Waals surface area contributed by atoms with Crippen molar-refractivity contribution >= 4 is 11.2 Å². The number of aromatic amines is 1. The normalized spacial score (nSPS) is 28.7. The predicted octanol–water partition coefficient (Wildman–Crippen LogP) is -1.17. The fraction of sp³-hybridized carbons (Fsp3) is 0.389. The van der Waals surface area contributed by atoms with Gasteiger partial charge in [-0.1, -0.05) is 30.3 Å². The number of imidazole rings is 1. The van der Waals surface area contributed by atoms with Gasteiger partial charge in [-0.05, 0) is 5.56 Å². The van der Waals surface area contributed by atoms with Crippen LogP contribution >= 0.6 is 0 Å². The lowest BCUT2D eigenvalue weighted by Gasteiger charge is -2.40. The van der Waals surface area contributed by atoms with Crippen LogP contribution < -0.4 is 5.49 Å². The molecule has 10 nitrogen and oxygen atoms in total. The van der Waals surface area contributed by atoms with E-state index in [1.165, 1.54) is 17.2 Å². The van der Waals surface area contributed by atoms with Crippen LogP contribution in [0.2, 0.25) is 0 Å². The second-order valence-electron chi connectivity index (χ2n) is 6.60. The van der Waals surface area contributed by atoms with E-state index in [2.05, 4.69) is 19.9 Å². The van der Waals surface area contributed by atoms with Crippen molar-refractivity contribution < 1.29 is 25.2 Å². The van der Waals surface area contributed by atoms with E-state index in [-0.39, 0.29) is 0 Å². The maximum atomic E-state index is 10.4. The molecule has 1 aliphatic rings. The smallest absolute Gasteiger partial charge is 0.177 e. The first-order valence-electron chi connectivity index (χ1n) is 8.85. The van der Waals surface area contributed by atoms with E-state index in [0.717, 1.165) is 5.56 Å². The standard InChI is InChI=1S/C18H21N5O5/c24-7-11-13(25)14(26)15(27)18(28-11)23-9-22-16(12-17(23)21-8-20-12)19-6-10-4-2-1-3-5-10/h1-5,8-9,11,13-15,18,24-27H,6-7H2,(H,20,21)/t11-,13-,14+,15-,18-/m1/s1. The van der Waals surface area contributed by atoms with Gasteiger partial charge in [0, 0.05) is 0 Å². The lowest BCUT2D eigenvalue weighted by molar-refractivity contribution is -0.250. The summed E-state index contributed by atoms with van der Waals surface area (Å²) in [5, 5.41) is 39.8. The van der Waals surface area contributed by atoms with Gasteiger partial charge in [0.05, 0.1) is 19.5 Å². The van der Waals surface area contributed by atoms with Gasteiger partial charge in [0.1, 0.15) is 36.3 Å². The van der Waals surface area contributed by atoms with E-state index in [0.29, 0.717) is 23.2 Å². The van der Waals surface area contributed by atoms with Crippen molar-refractivity contribution in [1.29, 1.82) is 0 Å². The summed E-state index contributed by atoms with van der Waals surface area (Å²) < 4.78 is 7.03. The van der Waals surface area contributed by atoms with Crippen molar-refractivity contribution in [3.63, 3.8) is 0 Å². The molecule has 28 heavy (non-hydrogen) atoms. The molecule has 1 aliphatic heterocycles. The second-order valence-corrected chi connectivity index (χ2v) is 6.60. The molecule has 0 unspecified atom stereocenters. The molecular weight excluding hydrogens is 366 g/mol. The zero-order valence-electron chi connectivity index (χ0n) is 14.8. The highest BCUT2D eigenvalue weighted by Crippen LogP contribution is 2.29. The van der Waals surface area contributed by atoms with Gasteiger partial charge in [-0.3, -0.25) is 9.56 Å². The molecule has 1 saturated heterocycles. The van der Waals surface area contributed by atoms with Crippen LogP contribution in [-0.2, 0) is 11.3 Å². The molecule has 4 rings (SSSR count). The second kappa shape index (κ2) is 7.78. The van der Waals surface area contributed by atoms with E-state index >= 15 is 0 Å². The van der Waals surface area contributed by atoms with Gasteiger partial charge in [-0.25, -0.2) is 9.97 Å². The Morgan fingerprint density at radius 1 is 1.07 bits per heavy atom. The van der Waals surface area contributed by atoms with Gasteiger partial charge in [-0.15, -0.1) is 0 Å². The SMILES string of the molecule is OC[C@H]1O[C@@H](n2cnc(=NCc3ccccc3)c3[nH]cnc32)[C@H](O)[C@@H](O)[C@@H]1O. The molecular formula is C18H21N5O5. The summed E-state index contributed by atoms with van der Waals surface area (Å²) in [5.74, 6) is 0. The maximum Gasteiger partial charge on any atom is 0.177 e. The monoisotopic (exact) mass is 387 g/mol. The first-order chi connectivity index (χ1) is 13.6. The Bertz CT molecular complexity index is 1000. The molecule has 3 aromatic rings. The van der Waals surface area contributed by atoms with Crippen molar-refractivity contribution in [2.45, 2.75) is 37.2 Å². The highest BCUT2D eigenvalue weighted by molar-refractivity contribution is 5.68. The zero-order chi connectivity index (χ0) is 19.7. The van der Waals surface area contributed by atoms with Crippen LogP contribution in [0.15, 0.2) is 48.0 Å². The molecule has 0 amide bonds. The van der Waals surface area contributed by atoms with Crippen molar-refractivity contribution in [3.05, 3.63) is 54.0 Å². The van der Waals surface area contributed by atoms with Crippen LogP contribution in [-0.4, -0.2) is 71.0 Å². The third kappa shape index (κ3) is 3.32. The number of hydrogen-bond donors (Lipinski definition) is 5. The Morgan fingerprint density at radius 2 is 1.86 bits per heavy atom. The molecule has 1 aromatic carbocycles. The van der Waals surface area contributed by atoms with Gasteiger partial charge in [0.25, 0.3) is 0 Å². The van der Waals surface area contributed by atoms with Crippen molar-refractivity contribution in [3.8, 4) is 0 Å². The highest BCUT2D eigenvalue weighted by Gasteiger charge is 2.44. The largest absolute Gasteiger partial charge is 0.394 e. The minimum absolute atomic E-state index is 0.408. The Balaban J connectivity index is 1.71. The van der Waals surface area contributed by atoms with E-state index < -0.39 is 37.3 Å². The van der Waals surface area contributed by atoms with E-state index in [1.807, 2.05) is 30.3 Å². The third-order valence-electron chi connectivity index (χ3n) is 4.79. The van der Waals surface area contributed by atoms with E-state index in [1.54, 1.807) is 0 Å². The van der Waals surface area contributed by atoms with Gasteiger partial charge in [-0.2, -0.15) is 0 Å². The Morgan fingerprint density at radius 3 is 2.61 bits per heavy atom.